The summed E-state index contributed by atoms with van der Waals surface area (Å²) in [6, 6.07) is 6.41. The molecule has 0 heterocycles. The van der Waals surface area contributed by atoms with Crippen LogP contribution >= 0.6 is 11.8 Å². The molecule has 2 heteroatoms. The monoisotopic (exact) mass is 196 g/mol. The topological polar surface area (TPSA) is 20.2 Å². The van der Waals surface area contributed by atoms with E-state index >= 15 is 0 Å². The van der Waals surface area contributed by atoms with E-state index in [0.29, 0.717) is 0 Å². The molecule has 0 aliphatic rings. The zero-order valence-electron chi connectivity index (χ0n) is 8.37. The van der Waals surface area contributed by atoms with Gasteiger partial charge in [0, 0.05) is 10.6 Å². The highest BCUT2D eigenvalue weighted by Crippen LogP contribution is 2.23. The maximum atomic E-state index is 9.15. The Morgan fingerprint density at radius 1 is 1.38 bits per heavy atom. The van der Waals surface area contributed by atoms with E-state index in [9.17, 15) is 0 Å². The summed E-state index contributed by atoms with van der Waals surface area (Å²) in [4.78, 5) is 1.28. The summed E-state index contributed by atoms with van der Waals surface area (Å²) in [5, 5.41) is 9.15. The number of hydrogen-bond acceptors (Lipinski definition) is 2. The SMILES string of the molecule is Cc1ccc(C)c(SCC(C)O)c1. The molecule has 0 saturated heterocycles. The van der Waals surface area contributed by atoms with E-state index < -0.39 is 0 Å². The van der Waals surface area contributed by atoms with Crippen LogP contribution in [-0.4, -0.2) is 17.0 Å². The molecule has 1 unspecified atom stereocenters. The molecule has 1 aromatic rings. The number of aryl methyl sites for hydroxylation is 2. The van der Waals surface area contributed by atoms with Gasteiger partial charge in [0.15, 0.2) is 0 Å². The van der Waals surface area contributed by atoms with Crippen LogP contribution in [0.4, 0.5) is 0 Å². The molecular formula is C11H16OS. The van der Waals surface area contributed by atoms with Gasteiger partial charge in [0.2, 0.25) is 0 Å². The molecule has 0 aromatic heterocycles. The van der Waals surface area contributed by atoms with Crippen LogP contribution in [-0.2, 0) is 0 Å². The third kappa shape index (κ3) is 3.41. The van der Waals surface area contributed by atoms with Crippen molar-refractivity contribution >= 4 is 11.8 Å². The second-order valence-corrected chi connectivity index (χ2v) is 4.49. The summed E-state index contributed by atoms with van der Waals surface area (Å²) in [5.74, 6) is 0.768. The lowest BCUT2D eigenvalue weighted by Crippen LogP contribution is -2.02. The fourth-order valence-electron chi connectivity index (χ4n) is 1.07. The number of rotatable bonds is 3. The number of benzene rings is 1. The Kier molecular flexibility index (Phi) is 3.82. The Morgan fingerprint density at radius 3 is 2.69 bits per heavy atom. The van der Waals surface area contributed by atoms with Gasteiger partial charge >= 0.3 is 0 Å². The number of hydrogen-bond donors (Lipinski definition) is 1. The highest BCUT2D eigenvalue weighted by Gasteiger charge is 2.01. The number of aliphatic hydroxyl groups is 1. The first kappa shape index (κ1) is 10.6. The summed E-state index contributed by atoms with van der Waals surface area (Å²) < 4.78 is 0. The standard InChI is InChI=1S/C11H16OS/c1-8-4-5-9(2)11(6-8)13-7-10(3)12/h4-6,10,12H,7H2,1-3H3. The first-order chi connectivity index (χ1) is 6.09. The van der Waals surface area contributed by atoms with Crippen molar-refractivity contribution in [2.45, 2.75) is 31.8 Å². The minimum Gasteiger partial charge on any atom is -0.393 e. The Bertz CT molecular complexity index is 281. The Morgan fingerprint density at radius 2 is 2.08 bits per heavy atom. The quantitative estimate of drug-likeness (QED) is 0.750. The van der Waals surface area contributed by atoms with Crippen LogP contribution in [0.5, 0.6) is 0 Å². The van der Waals surface area contributed by atoms with Gasteiger partial charge in [-0.2, -0.15) is 0 Å². The molecule has 13 heavy (non-hydrogen) atoms. The van der Waals surface area contributed by atoms with E-state index in [0.717, 1.165) is 5.75 Å². The molecule has 72 valence electrons. The van der Waals surface area contributed by atoms with Crippen LogP contribution in [0.1, 0.15) is 18.1 Å². The average Bonchev–Trinajstić information content (AvgIpc) is 2.06. The third-order valence-corrected chi connectivity index (χ3v) is 3.22. The molecule has 1 aromatic carbocycles. The largest absolute Gasteiger partial charge is 0.393 e. The molecule has 0 radical (unpaired) electrons. The highest BCUT2D eigenvalue weighted by atomic mass is 32.2. The fraction of sp³-hybridized carbons (Fsp3) is 0.455. The van der Waals surface area contributed by atoms with Crippen molar-refractivity contribution in [2.75, 3.05) is 5.75 Å². The zero-order valence-corrected chi connectivity index (χ0v) is 9.19. The van der Waals surface area contributed by atoms with E-state index in [-0.39, 0.29) is 6.10 Å². The predicted molar refractivity (Wildman–Crippen MR) is 58.3 cm³/mol. The van der Waals surface area contributed by atoms with E-state index in [1.54, 1.807) is 11.8 Å². The van der Waals surface area contributed by atoms with Crippen molar-refractivity contribution in [3.05, 3.63) is 29.3 Å². The van der Waals surface area contributed by atoms with Gasteiger partial charge in [-0.1, -0.05) is 17.7 Å². The molecule has 0 bridgehead atoms. The van der Waals surface area contributed by atoms with Crippen LogP contribution < -0.4 is 0 Å². The summed E-state index contributed by atoms with van der Waals surface area (Å²) in [7, 11) is 0. The first-order valence-electron chi connectivity index (χ1n) is 4.47. The molecule has 1 atom stereocenters. The van der Waals surface area contributed by atoms with Crippen molar-refractivity contribution in [1.82, 2.24) is 0 Å². The van der Waals surface area contributed by atoms with Gasteiger partial charge in [-0.05, 0) is 32.4 Å². The highest BCUT2D eigenvalue weighted by molar-refractivity contribution is 7.99. The second kappa shape index (κ2) is 4.68. The van der Waals surface area contributed by atoms with Crippen molar-refractivity contribution in [3.63, 3.8) is 0 Å². The maximum absolute atomic E-state index is 9.15. The third-order valence-electron chi connectivity index (χ3n) is 1.82. The molecule has 0 fully saturated rings. The van der Waals surface area contributed by atoms with Gasteiger partial charge < -0.3 is 5.11 Å². The van der Waals surface area contributed by atoms with Crippen LogP contribution in [0, 0.1) is 13.8 Å². The minimum absolute atomic E-state index is 0.232. The lowest BCUT2D eigenvalue weighted by molar-refractivity contribution is 0.220. The smallest absolute Gasteiger partial charge is 0.0606 e. The van der Waals surface area contributed by atoms with Crippen molar-refractivity contribution in [3.8, 4) is 0 Å². The molecule has 1 N–H and O–H groups in total. The molecule has 0 amide bonds. The van der Waals surface area contributed by atoms with Gasteiger partial charge in [-0.15, -0.1) is 11.8 Å². The molecule has 0 saturated carbocycles. The zero-order chi connectivity index (χ0) is 9.84. The molecule has 0 spiro atoms. The Hall–Kier alpha value is -0.470. The van der Waals surface area contributed by atoms with Gasteiger partial charge in [0.05, 0.1) is 6.10 Å². The van der Waals surface area contributed by atoms with Crippen molar-refractivity contribution in [2.24, 2.45) is 0 Å². The fourth-order valence-corrected chi connectivity index (χ4v) is 2.06. The summed E-state index contributed by atoms with van der Waals surface area (Å²) >= 11 is 1.72. The summed E-state index contributed by atoms with van der Waals surface area (Å²) in [6.45, 7) is 6.01. The van der Waals surface area contributed by atoms with E-state index in [4.69, 9.17) is 5.11 Å². The van der Waals surface area contributed by atoms with Crippen LogP contribution in [0.2, 0.25) is 0 Å². The van der Waals surface area contributed by atoms with Gasteiger partial charge in [0.1, 0.15) is 0 Å². The molecular weight excluding hydrogens is 180 g/mol. The van der Waals surface area contributed by atoms with Gasteiger partial charge in [-0.3, -0.25) is 0 Å². The number of aliphatic hydroxyl groups excluding tert-OH is 1. The average molecular weight is 196 g/mol. The molecule has 1 rings (SSSR count). The van der Waals surface area contributed by atoms with Crippen LogP contribution in [0.3, 0.4) is 0 Å². The minimum atomic E-state index is -0.232. The maximum Gasteiger partial charge on any atom is 0.0606 e. The normalized spacial score (nSPS) is 12.9. The molecule has 0 aliphatic carbocycles. The molecule has 0 aliphatic heterocycles. The van der Waals surface area contributed by atoms with E-state index in [1.165, 1.54) is 16.0 Å². The van der Waals surface area contributed by atoms with Gasteiger partial charge in [-0.25, -0.2) is 0 Å². The van der Waals surface area contributed by atoms with Crippen molar-refractivity contribution in [1.29, 1.82) is 0 Å². The lowest BCUT2D eigenvalue weighted by Gasteiger charge is -2.07. The summed E-state index contributed by atoms with van der Waals surface area (Å²) in [6.07, 6.45) is -0.232. The Balaban J connectivity index is 2.70. The predicted octanol–water partition coefficient (Wildman–Crippen LogP) is 2.78. The van der Waals surface area contributed by atoms with Gasteiger partial charge in [0.25, 0.3) is 0 Å². The van der Waals surface area contributed by atoms with Crippen LogP contribution in [0.25, 0.3) is 0 Å². The van der Waals surface area contributed by atoms with E-state index in [1.807, 2.05) is 6.92 Å². The number of thioether (sulfide) groups is 1. The van der Waals surface area contributed by atoms with Crippen molar-refractivity contribution < 1.29 is 5.11 Å². The lowest BCUT2D eigenvalue weighted by atomic mass is 10.2. The summed E-state index contributed by atoms with van der Waals surface area (Å²) in [5.41, 5.74) is 2.56. The second-order valence-electron chi connectivity index (χ2n) is 3.43. The molecule has 1 nitrogen and oxygen atoms in total. The first-order valence-corrected chi connectivity index (χ1v) is 5.46. The van der Waals surface area contributed by atoms with E-state index in [2.05, 4.69) is 32.0 Å². The van der Waals surface area contributed by atoms with Crippen LogP contribution in [0.15, 0.2) is 23.1 Å². The Labute approximate surface area is 84.2 Å².